The molecule has 0 aliphatic rings. The Morgan fingerprint density at radius 2 is 1.67 bits per heavy atom. The summed E-state index contributed by atoms with van der Waals surface area (Å²) in [6, 6.07) is 0.559. The molecule has 1 aromatic rings. The van der Waals surface area contributed by atoms with E-state index in [2.05, 4.69) is 6.58 Å². The number of alkyl halides is 3. The highest BCUT2D eigenvalue weighted by Crippen LogP contribution is 2.42. The molecule has 0 fully saturated rings. The fourth-order valence-corrected chi connectivity index (χ4v) is 1.72. The fraction of sp³-hybridized carbons (Fsp3) is 0.273. The predicted octanol–water partition coefficient (Wildman–Crippen LogP) is 3.14. The van der Waals surface area contributed by atoms with Crippen molar-refractivity contribution >= 4 is 17.1 Å². The van der Waals surface area contributed by atoms with Gasteiger partial charge in [0.25, 0.3) is 11.4 Å². The number of nitrogens with zero attached hydrogens (tertiary/aromatic N) is 3. The van der Waals surface area contributed by atoms with Crippen LogP contribution in [0.15, 0.2) is 24.8 Å². The van der Waals surface area contributed by atoms with E-state index in [1.807, 2.05) is 0 Å². The fourth-order valence-electron chi connectivity index (χ4n) is 1.72. The van der Waals surface area contributed by atoms with Crippen LogP contribution in [0.2, 0.25) is 0 Å². The molecule has 0 saturated carbocycles. The lowest BCUT2D eigenvalue weighted by Gasteiger charge is -2.18. The summed E-state index contributed by atoms with van der Waals surface area (Å²) in [7, 11) is 1.28. The van der Waals surface area contributed by atoms with Crippen LogP contribution >= 0.6 is 0 Å². The first-order valence-corrected chi connectivity index (χ1v) is 5.45. The summed E-state index contributed by atoms with van der Waals surface area (Å²) in [5.74, 6) is 0. The average molecular weight is 305 g/mol. The topological polar surface area (TPSA) is 89.5 Å². The van der Waals surface area contributed by atoms with Gasteiger partial charge in [0.05, 0.1) is 15.4 Å². The lowest BCUT2D eigenvalue weighted by atomic mass is 10.1. The molecule has 10 heteroatoms. The molecule has 0 N–H and O–H groups in total. The van der Waals surface area contributed by atoms with Crippen molar-refractivity contribution in [2.24, 2.45) is 0 Å². The van der Waals surface area contributed by atoms with Crippen molar-refractivity contribution in [2.45, 2.75) is 6.18 Å². The Hall–Kier alpha value is -2.65. The van der Waals surface area contributed by atoms with E-state index in [4.69, 9.17) is 0 Å². The Bertz CT molecular complexity index is 566. The number of hydrogen-bond donors (Lipinski definition) is 0. The van der Waals surface area contributed by atoms with E-state index in [1.54, 1.807) is 0 Å². The van der Waals surface area contributed by atoms with E-state index in [0.717, 1.165) is 4.90 Å². The summed E-state index contributed by atoms with van der Waals surface area (Å²) in [5.41, 5.74) is -3.92. The third kappa shape index (κ3) is 3.46. The maximum Gasteiger partial charge on any atom is 0.416 e. The molecule has 7 nitrogen and oxygen atoms in total. The summed E-state index contributed by atoms with van der Waals surface area (Å²) < 4.78 is 38.0. The molecule has 1 aromatic carbocycles. The van der Waals surface area contributed by atoms with Gasteiger partial charge >= 0.3 is 6.18 Å². The van der Waals surface area contributed by atoms with Gasteiger partial charge in [-0.25, -0.2) is 0 Å². The van der Waals surface area contributed by atoms with Crippen molar-refractivity contribution in [3.05, 3.63) is 50.6 Å². The van der Waals surface area contributed by atoms with E-state index in [9.17, 15) is 33.4 Å². The minimum Gasteiger partial charge on any atom is -0.360 e. The Balaban J connectivity index is 3.71. The van der Waals surface area contributed by atoms with Crippen LogP contribution in [-0.2, 0) is 6.18 Å². The number of nitro benzene ring substituents is 2. The monoisotopic (exact) mass is 305 g/mol. The van der Waals surface area contributed by atoms with Crippen molar-refractivity contribution in [1.82, 2.24) is 0 Å². The molecule has 114 valence electrons. The molecule has 0 aromatic heterocycles. The molecule has 21 heavy (non-hydrogen) atoms. The van der Waals surface area contributed by atoms with Gasteiger partial charge in [0.2, 0.25) is 0 Å². The smallest absolute Gasteiger partial charge is 0.360 e. The molecular formula is C11H10F3N3O4. The van der Waals surface area contributed by atoms with Gasteiger partial charge in [-0.1, -0.05) is 6.08 Å². The Kier molecular flexibility index (Phi) is 4.51. The number of nitro groups is 2. The molecule has 0 spiro atoms. The van der Waals surface area contributed by atoms with Crippen LogP contribution in [0.5, 0.6) is 0 Å². The minimum absolute atomic E-state index is 0.00690. The van der Waals surface area contributed by atoms with Crippen LogP contribution in [0.25, 0.3) is 0 Å². The molecule has 0 amide bonds. The highest BCUT2D eigenvalue weighted by Gasteiger charge is 2.38. The Labute approximate surface area is 116 Å². The highest BCUT2D eigenvalue weighted by molar-refractivity contribution is 5.76. The van der Waals surface area contributed by atoms with Gasteiger partial charge in [-0.3, -0.25) is 20.2 Å². The number of hydrogen-bond acceptors (Lipinski definition) is 5. The highest BCUT2D eigenvalue weighted by atomic mass is 19.4. The zero-order chi connectivity index (χ0) is 16.4. The van der Waals surface area contributed by atoms with E-state index >= 15 is 0 Å². The lowest BCUT2D eigenvalue weighted by Crippen LogP contribution is -2.20. The second-order valence-corrected chi connectivity index (χ2v) is 4.04. The first-order valence-electron chi connectivity index (χ1n) is 5.45. The Morgan fingerprint density at radius 3 is 1.95 bits per heavy atom. The molecule has 0 aliphatic carbocycles. The number of likely N-dealkylation sites (N-methyl/N-ethyl adjacent to an activating group) is 1. The summed E-state index contributed by atoms with van der Waals surface area (Å²) in [6.45, 7) is 3.36. The average Bonchev–Trinajstić information content (AvgIpc) is 2.36. The zero-order valence-electron chi connectivity index (χ0n) is 10.8. The van der Waals surface area contributed by atoms with Gasteiger partial charge in [-0.05, 0) is 0 Å². The van der Waals surface area contributed by atoms with Crippen LogP contribution < -0.4 is 4.90 Å². The molecule has 0 aliphatic heterocycles. The summed E-state index contributed by atoms with van der Waals surface area (Å²) in [4.78, 5) is 20.8. The summed E-state index contributed by atoms with van der Waals surface area (Å²) in [6.07, 6.45) is -3.61. The first-order chi connectivity index (χ1) is 9.59. The first kappa shape index (κ1) is 16.4. The van der Waals surface area contributed by atoms with Gasteiger partial charge in [-0.15, -0.1) is 6.58 Å². The minimum atomic E-state index is -4.93. The summed E-state index contributed by atoms with van der Waals surface area (Å²) in [5, 5.41) is 21.9. The molecule has 0 heterocycles. The molecule has 0 radical (unpaired) electrons. The third-order valence-corrected chi connectivity index (χ3v) is 2.58. The number of benzene rings is 1. The van der Waals surface area contributed by atoms with E-state index < -0.39 is 38.6 Å². The van der Waals surface area contributed by atoms with Crippen LogP contribution in [0, 0.1) is 20.2 Å². The van der Waals surface area contributed by atoms with E-state index in [0.29, 0.717) is 0 Å². The van der Waals surface area contributed by atoms with Gasteiger partial charge in [0.15, 0.2) is 5.69 Å². The molecule has 0 atom stereocenters. The molecule has 0 bridgehead atoms. The van der Waals surface area contributed by atoms with Gasteiger partial charge < -0.3 is 4.90 Å². The normalized spacial score (nSPS) is 11.0. The van der Waals surface area contributed by atoms with Gasteiger partial charge in [0.1, 0.15) is 0 Å². The number of rotatable bonds is 5. The quantitative estimate of drug-likeness (QED) is 0.473. The van der Waals surface area contributed by atoms with Crippen molar-refractivity contribution < 1.29 is 23.0 Å². The van der Waals surface area contributed by atoms with Gasteiger partial charge in [0, 0.05) is 25.7 Å². The summed E-state index contributed by atoms with van der Waals surface area (Å²) >= 11 is 0. The zero-order valence-corrected chi connectivity index (χ0v) is 10.8. The lowest BCUT2D eigenvalue weighted by molar-refractivity contribution is -0.393. The molecule has 1 rings (SSSR count). The molecule has 0 saturated heterocycles. The SMILES string of the molecule is C=CCN(C)c1c([N+](=O)[O-])cc(C(F)(F)F)cc1[N+](=O)[O-]. The standard InChI is InChI=1S/C11H10F3N3O4/c1-3-4-15(2)10-8(16(18)19)5-7(11(12,13)14)6-9(10)17(20)21/h3,5-6H,1,4H2,2H3. The Morgan fingerprint density at radius 1 is 1.24 bits per heavy atom. The number of anilines is 1. The maximum atomic E-state index is 12.7. The van der Waals surface area contributed by atoms with Crippen molar-refractivity contribution in [3.63, 3.8) is 0 Å². The van der Waals surface area contributed by atoms with Crippen LogP contribution in [0.1, 0.15) is 5.56 Å². The second-order valence-electron chi connectivity index (χ2n) is 4.04. The van der Waals surface area contributed by atoms with E-state index in [1.165, 1.54) is 13.1 Å². The van der Waals surface area contributed by atoms with Crippen LogP contribution in [0.4, 0.5) is 30.2 Å². The molecule has 0 unspecified atom stereocenters. The van der Waals surface area contributed by atoms with Crippen LogP contribution in [0.3, 0.4) is 0 Å². The third-order valence-electron chi connectivity index (χ3n) is 2.58. The predicted molar refractivity (Wildman–Crippen MR) is 68.2 cm³/mol. The van der Waals surface area contributed by atoms with Crippen molar-refractivity contribution in [2.75, 3.05) is 18.5 Å². The van der Waals surface area contributed by atoms with Gasteiger partial charge in [-0.2, -0.15) is 13.2 Å². The maximum absolute atomic E-state index is 12.7. The number of halogens is 3. The largest absolute Gasteiger partial charge is 0.416 e. The van der Waals surface area contributed by atoms with Crippen LogP contribution in [-0.4, -0.2) is 23.4 Å². The molecular weight excluding hydrogens is 295 g/mol. The van der Waals surface area contributed by atoms with Crippen molar-refractivity contribution in [3.8, 4) is 0 Å². The van der Waals surface area contributed by atoms with E-state index in [-0.39, 0.29) is 18.7 Å². The second kappa shape index (κ2) is 5.77. The van der Waals surface area contributed by atoms with Crippen molar-refractivity contribution in [1.29, 1.82) is 0 Å².